The van der Waals surface area contributed by atoms with E-state index >= 15 is 0 Å². The molecule has 0 unspecified atom stereocenters. The first-order chi connectivity index (χ1) is 15.1. The van der Waals surface area contributed by atoms with Crippen molar-refractivity contribution in [3.05, 3.63) is 53.4 Å². The van der Waals surface area contributed by atoms with Crippen molar-refractivity contribution in [2.24, 2.45) is 13.0 Å². The Hall–Kier alpha value is -3.02. The molecule has 6 heteroatoms. The van der Waals surface area contributed by atoms with Gasteiger partial charge in [0.25, 0.3) is 0 Å². The summed E-state index contributed by atoms with van der Waals surface area (Å²) in [4.78, 5) is 18.7. The molecule has 31 heavy (non-hydrogen) atoms. The van der Waals surface area contributed by atoms with E-state index in [9.17, 15) is 0 Å². The SMILES string of the molecule is Cc1ccc2c(nc(CCc3nc(C)c4ncccc4n3)n2C)c1OCCC1CCC1. The van der Waals surface area contributed by atoms with Gasteiger partial charge in [-0.3, -0.25) is 4.98 Å². The lowest BCUT2D eigenvalue weighted by Gasteiger charge is -2.25. The van der Waals surface area contributed by atoms with Gasteiger partial charge in [-0.2, -0.15) is 0 Å². The third-order valence-corrected chi connectivity index (χ3v) is 6.54. The molecule has 0 radical (unpaired) electrons. The minimum atomic E-state index is 0.736. The number of hydrogen-bond donors (Lipinski definition) is 0. The molecule has 0 amide bonds. The van der Waals surface area contributed by atoms with Gasteiger partial charge in [0.1, 0.15) is 28.4 Å². The number of rotatable bonds is 7. The van der Waals surface area contributed by atoms with Crippen LogP contribution in [0.4, 0.5) is 0 Å². The summed E-state index contributed by atoms with van der Waals surface area (Å²) in [5, 5.41) is 0. The predicted molar refractivity (Wildman–Crippen MR) is 122 cm³/mol. The quantitative estimate of drug-likeness (QED) is 0.430. The van der Waals surface area contributed by atoms with E-state index in [2.05, 4.69) is 40.6 Å². The zero-order chi connectivity index (χ0) is 21.4. The van der Waals surface area contributed by atoms with Gasteiger partial charge in [0.2, 0.25) is 0 Å². The fourth-order valence-electron chi connectivity index (χ4n) is 4.41. The second-order valence-electron chi connectivity index (χ2n) is 8.70. The minimum absolute atomic E-state index is 0.736. The number of benzene rings is 1. The molecule has 1 aliphatic rings. The van der Waals surface area contributed by atoms with Crippen LogP contribution in [-0.4, -0.2) is 31.1 Å². The number of nitrogens with zero attached hydrogens (tertiary/aromatic N) is 5. The molecule has 0 bridgehead atoms. The third-order valence-electron chi connectivity index (χ3n) is 6.54. The molecular weight excluding hydrogens is 386 g/mol. The Balaban J connectivity index is 1.37. The molecule has 1 aromatic carbocycles. The molecule has 0 atom stereocenters. The second-order valence-corrected chi connectivity index (χ2v) is 8.70. The lowest BCUT2D eigenvalue weighted by Crippen LogP contribution is -2.14. The van der Waals surface area contributed by atoms with Gasteiger partial charge in [-0.25, -0.2) is 15.0 Å². The van der Waals surface area contributed by atoms with Crippen LogP contribution < -0.4 is 4.74 Å². The molecule has 1 saturated carbocycles. The van der Waals surface area contributed by atoms with Crippen LogP contribution >= 0.6 is 0 Å². The van der Waals surface area contributed by atoms with Gasteiger partial charge in [-0.05, 0) is 49.9 Å². The second kappa shape index (κ2) is 8.25. The molecule has 160 valence electrons. The van der Waals surface area contributed by atoms with E-state index in [0.29, 0.717) is 0 Å². The van der Waals surface area contributed by atoms with Crippen LogP contribution in [0, 0.1) is 19.8 Å². The fraction of sp³-hybridized carbons (Fsp3) is 0.440. The van der Waals surface area contributed by atoms with E-state index in [4.69, 9.17) is 14.7 Å². The molecule has 1 fully saturated rings. The van der Waals surface area contributed by atoms with E-state index < -0.39 is 0 Å². The molecule has 6 nitrogen and oxygen atoms in total. The molecule has 3 aromatic heterocycles. The van der Waals surface area contributed by atoms with Crippen molar-refractivity contribution in [1.29, 1.82) is 0 Å². The smallest absolute Gasteiger partial charge is 0.150 e. The molecule has 5 rings (SSSR count). The summed E-state index contributed by atoms with van der Waals surface area (Å²) in [6, 6.07) is 8.18. The monoisotopic (exact) mass is 415 g/mol. The number of aromatic nitrogens is 5. The minimum Gasteiger partial charge on any atom is -0.491 e. The topological polar surface area (TPSA) is 65.7 Å². The summed E-state index contributed by atoms with van der Waals surface area (Å²) in [5.41, 5.74) is 5.90. The number of aryl methyl sites for hydroxylation is 5. The molecular formula is C25H29N5O. The number of ether oxygens (including phenoxy) is 1. The Labute approximate surface area is 182 Å². The predicted octanol–water partition coefficient (Wildman–Crippen LogP) is 4.88. The van der Waals surface area contributed by atoms with Gasteiger partial charge < -0.3 is 9.30 Å². The van der Waals surface area contributed by atoms with Crippen molar-refractivity contribution in [3.8, 4) is 5.75 Å². The highest BCUT2D eigenvalue weighted by Gasteiger charge is 2.19. The highest BCUT2D eigenvalue weighted by molar-refractivity contribution is 5.84. The van der Waals surface area contributed by atoms with Gasteiger partial charge in [0.05, 0.1) is 23.3 Å². The summed E-state index contributed by atoms with van der Waals surface area (Å²) < 4.78 is 8.41. The molecule has 4 aromatic rings. The van der Waals surface area contributed by atoms with Crippen molar-refractivity contribution >= 4 is 22.1 Å². The van der Waals surface area contributed by atoms with E-state index in [0.717, 1.165) is 82.5 Å². The number of pyridine rings is 1. The Kier molecular flexibility index (Phi) is 5.30. The summed E-state index contributed by atoms with van der Waals surface area (Å²) in [6.45, 7) is 4.87. The molecule has 3 heterocycles. The lowest BCUT2D eigenvalue weighted by molar-refractivity contribution is 0.222. The fourth-order valence-corrected chi connectivity index (χ4v) is 4.41. The Morgan fingerprint density at radius 3 is 2.71 bits per heavy atom. The first kappa shape index (κ1) is 19.9. The maximum atomic E-state index is 6.24. The normalized spacial score (nSPS) is 14.3. The Bertz CT molecular complexity index is 1240. The zero-order valence-corrected chi connectivity index (χ0v) is 18.6. The first-order valence-electron chi connectivity index (χ1n) is 11.3. The first-order valence-corrected chi connectivity index (χ1v) is 11.3. The van der Waals surface area contributed by atoms with Crippen LogP contribution in [0.5, 0.6) is 5.75 Å². The van der Waals surface area contributed by atoms with Crippen molar-refractivity contribution in [2.75, 3.05) is 6.61 Å². The lowest BCUT2D eigenvalue weighted by atomic mass is 9.83. The number of imidazole rings is 1. The molecule has 0 spiro atoms. The van der Waals surface area contributed by atoms with Gasteiger partial charge in [-0.15, -0.1) is 0 Å². The number of hydrogen-bond acceptors (Lipinski definition) is 5. The van der Waals surface area contributed by atoms with Crippen LogP contribution in [0.3, 0.4) is 0 Å². The standard InChI is InChI=1S/C25H29N5O/c1-16-9-10-20-24(25(16)31-15-13-18-6-4-7-18)29-22(30(20)3)12-11-21-27-17(2)23-19(28-21)8-5-14-26-23/h5,8-10,14,18H,4,6-7,11-13,15H2,1-3H3. The highest BCUT2D eigenvalue weighted by Crippen LogP contribution is 2.32. The Morgan fingerprint density at radius 1 is 1.03 bits per heavy atom. The van der Waals surface area contributed by atoms with E-state index in [1.807, 2.05) is 19.1 Å². The van der Waals surface area contributed by atoms with Crippen LogP contribution in [0.15, 0.2) is 30.5 Å². The van der Waals surface area contributed by atoms with E-state index in [-0.39, 0.29) is 0 Å². The average Bonchev–Trinajstić information content (AvgIpc) is 3.05. The highest BCUT2D eigenvalue weighted by atomic mass is 16.5. The summed E-state index contributed by atoms with van der Waals surface area (Å²) in [5.74, 6) is 3.64. The molecule has 0 aliphatic heterocycles. The van der Waals surface area contributed by atoms with E-state index in [1.165, 1.54) is 19.3 Å². The van der Waals surface area contributed by atoms with Crippen molar-refractivity contribution in [1.82, 2.24) is 24.5 Å². The van der Waals surface area contributed by atoms with Gasteiger partial charge in [0, 0.05) is 26.1 Å². The van der Waals surface area contributed by atoms with Crippen molar-refractivity contribution in [2.45, 2.75) is 52.4 Å². The maximum Gasteiger partial charge on any atom is 0.150 e. The third kappa shape index (κ3) is 3.87. The molecule has 1 aliphatic carbocycles. The van der Waals surface area contributed by atoms with Gasteiger partial charge in [0.15, 0.2) is 0 Å². The van der Waals surface area contributed by atoms with Crippen molar-refractivity contribution in [3.63, 3.8) is 0 Å². The Morgan fingerprint density at radius 2 is 1.90 bits per heavy atom. The summed E-state index contributed by atoms with van der Waals surface area (Å²) in [6.07, 6.45) is 8.52. The van der Waals surface area contributed by atoms with Gasteiger partial charge in [-0.1, -0.05) is 25.3 Å². The molecule has 0 saturated heterocycles. The summed E-state index contributed by atoms with van der Waals surface area (Å²) >= 11 is 0. The largest absolute Gasteiger partial charge is 0.491 e. The average molecular weight is 416 g/mol. The molecule has 0 N–H and O–H groups in total. The zero-order valence-electron chi connectivity index (χ0n) is 18.6. The maximum absolute atomic E-state index is 6.24. The van der Waals surface area contributed by atoms with Crippen molar-refractivity contribution < 1.29 is 4.74 Å². The summed E-state index contributed by atoms with van der Waals surface area (Å²) in [7, 11) is 2.08. The van der Waals surface area contributed by atoms with Gasteiger partial charge >= 0.3 is 0 Å². The van der Waals surface area contributed by atoms with Crippen LogP contribution in [0.1, 0.15) is 48.6 Å². The number of fused-ring (bicyclic) bond motifs is 2. The van der Waals surface area contributed by atoms with Crippen LogP contribution in [0.25, 0.3) is 22.1 Å². The van der Waals surface area contributed by atoms with E-state index in [1.54, 1.807) is 6.20 Å². The van der Waals surface area contributed by atoms with Crippen LogP contribution in [0.2, 0.25) is 0 Å². The van der Waals surface area contributed by atoms with Crippen LogP contribution in [-0.2, 0) is 19.9 Å².